The quantitative estimate of drug-likeness (QED) is 0.473. The lowest BCUT2D eigenvalue weighted by atomic mass is 9.63. The number of rotatable bonds is 0. The minimum Gasteiger partial charge on any atom is -0.351 e. The molecule has 3 aliphatic rings. The van der Waals surface area contributed by atoms with Gasteiger partial charge in [0.25, 0.3) is 5.91 Å². The average Bonchev–Trinajstić information content (AvgIpc) is 1.76. The van der Waals surface area contributed by atoms with E-state index in [1.807, 2.05) is 0 Å². The number of alkyl halides is 1. The fraction of sp³-hybridized carbons (Fsp3) is 0.833. The number of nitrogens with two attached hydrogens (primary N) is 1. The first-order chi connectivity index (χ1) is 4.54. The molecule has 56 valence electrons. The minimum atomic E-state index is -1.63. The van der Waals surface area contributed by atoms with Crippen molar-refractivity contribution in [2.45, 2.75) is 24.0 Å². The van der Waals surface area contributed by atoms with Gasteiger partial charge in [0.2, 0.25) is 0 Å². The predicted octanol–water partition coefficient (Wildman–Crippen LogP) is -0.684. The molecule has 10 heavy (non-hydrogen) atoms. The van der Waals surface area contributed by atoms with Crippen LogP contribution in [0.15, 0.2) is 0 Å². The van der Waals surface area contributed by atoms with E-state index in [9.17, 15) is 9.18 Å². The number of hydrogen-bond acceptors (Lipinski definition) is 2. The Bertz CT molecular complexity index is 198. The molecule has 3 rings (SSSR count). The first-order valence-corrected chi connectivity index (χ1v) is 3.30. The van der Waals surface area contributed by atoms with E-state index in [1.54, 1.807) is 0 Å². The summed E-state index contributed by atoms with van der Waals surface area (Å²) in [4.78, 5) is 10.8. The zero-order valence-electron chi connectivity index (χ0n) is 5.48. The zero-order chi connectivity index (χ0) is 7.41. The van der Waals surface area contributed by atoms with Crippen LogP contribution in [0.4, 0.5) is 4.39 Å². The summed E-state index contributed by atoms with van der Waals surface area (Å²) >= 11 is 0. The topological polar surface area (TPSA) is 55.1 Å². The molecule has 2 heterocycles. The van der Waals surface area contributed by atoms with Gasteiger partial charge < -0.3 is 11.1 Å². The third-order valence-electron chi connectivity index (χ3n) is 2.27. The average molecular weight is 144 g/mol. The molecule has 1 saturated carbocycles. The van der Waals surface area contributed by atoms with Crippen molar-refractivity contribution < 1.29 is 9.18 Å². The molecule has 3 fully saturated rings. The standard InChI is InChI=1S/C6H9FN2O/c7-6-1-5(8,2-6)3-9-4(6)10/h1-3,8H2,(H,9,10). The second-order valence-corrected chi connectivity index (χ2v) is 3.36. The van der Waals surface area contributed by atoms with Gasteiger partial charge in [-0.15, -0.1) is 0 Å². The fourth-order valence-corrected chi connectivity index (χ4v) is 1.76. The van der Waals surface area contributed by atoms with Crippen LogP contribution in [0.1, 0.15) is 12.8 Å². The third kappa shape index (κ3) is 0.546. The molecule has 2 bridgehead atoms. The molecule has 3 nitrogen and oxygen atoms in total. The monoisotopic (exact) mass is 144 g/mol. The summed E-state index contributed by atoms with van der Waals surface area (Å²) in [6.07, 6.45) is 0.400. The Morgan fingerprint density at radius 3 is 2.60 bits per heavy atom. The van der Waals surface area contributed by atoms with E-state index in [1.165, 1.54) is 0 Å². The number of carbonyl (C=O) groups is 1. The van der Waals surface area contributed by atoms with Crippen LogP contribution >= 0.6 is 0 Å². The summed E-state index contributed by atoms with van der Waals surface area (Å²) in [6, 6.07) is 0. The van der Waals surface area contributed by atoms with Gasteiger partial charge in [0.05, 0.1) is 0 Å². The van der Waals surface area contributed by atoms with E-state index in [2.05, 4.69) is 5.32 Å². The molecule has 1 aliphatic carbocycles. The van der Waals surface area contributed by atoms with Crippen molar-refractivity contribution >= 4 is 5.91 Å². The highest BCUT2D eigenvalue weighted by Crippen LogP contribution is 2.45. The van der Waals surface area contributed by atoms with E-state index < -0.39 is 17.1 Å². The minimum absolute atomic E-state index is 0.200. The van der Waals surface area contributed by atoms with Gasteiger partial charge in [0, 0.05) is 24.9 Å². The van der Waals surface area contributed by atoms with Crippen molar-refractivity contribution in [3.8, 4) is 0 Å². The van der Waals surface area contributed by atoms with Crippen LogP contribution in [0, 0.1) is 0 Å². The maximum absolute atomic E-state index is 13.1. The van der Waals surface area contributed by atoms with Gasteiger partial charge in [-0.3, -0.25) is 4.79 Å². The molecule has 0 unspecified atom stereocenters. The van der Waals surface area contributed by atoms with E-state index in [0.29, 0.717) is 6.54 Å². The summed E-state index contributed by atoms with van der Waals surface area (Å²) in [5.74, 6) is -0.486. The molecule has 2 aliphatic heterocycles. The zero-order valence-corrected chi connectivity index (χ0v) is 5.48. The van der Waals surface area contributed by atoms with Crippen LogP contribution in [0.2, 0.25) is 0 Å². The Labute approximate surface area is 57.8 Å². The Kier molecular flexibility index (Phi) is 0.819. The van der Waals surface area contributed by atoms with Crippen LogP contribution in [-0.2, 0) is 4.79 Å². The number of piperidine rings is 2. The molecule has 1 amide bonds. The summed E-state index contributed by atoms with van der Waals surface area (Å²) < 4.78 is 13.1. The lowest BCUT2D eigenvalue weighted by molar-refractivity contribution is -0.152. The first-order valence-electron chi connectivity index (χ1n) is 3.30. The van der Waals surface area contributed by atoms with Crippen LogP contribution in [0.5, 0.6) is 0 Å². The van der Waals surface area contributed by atoms with Crippen molar-refractivity contribution in [2.75, 3.05) is 6.54 Å². The molecule has 0 spiro atoms. The normalized spacial score (nSPS) is 51.6. The number of halogens is 1. The molecule has 2 saturated heterocycles. The van der Waals surface area contributed by atoms with Gasteiger partial charge in [-0.1, -0.05) is 0 Å². The Hall–Kier alpha value is -0.640. The SMILES string of the molecule is NC12CNC(=O)C(F)(C1)C2. The predicted molar refractivity (Wildman–Crippen MR) is 33.0 cm³/mol. The molecule has 0 aromatic rings. The highest BCUT2D eigenvalue weighted by atomic mass is 19.1. The summed E-state index contributed by atoms with van der Waals surface area (Å²) in [5.41, 5.74) is 3.56. The second kappa shape index (κ2) is 1.34. The van der Waals surface area contributed by atoms with Crippen molar-refractivity contribution in [1.29, 1.82) is 0 Å². The van der Waals surface area contributed by atoms with Gasteiger partial charge in [-0.2, -0.15) is 0 Å². The second-order valence-electron chi connectivity index (χ2n) is 3.36. The molecular weight excluding hydrogens is 135 g/mol. The van der Waals surface area contributed by atoms with E-state index in [-0.39, 0.29) is 12.8 Å². The highest BCUT2D eigenvalue weighted by Gasteiger charge is 2.61. The van der Waals surface area contributed by atoms with E-state index in [0.717, 1.165) is 0 Å². The van der Waals surface area contributed by atoms with Crippen molar-refractivity contribution in [2.24, 2.45) is 5.73 Å². The van der Waals surface area contributed by atoms with Crippen LogP contribution < -0.4 is 11.1 Å². The summed E-state index contributed by atoms with van der Waals surface area (Å²) in [5, 5.41) is 2.42. The number of fused-ring (bicyclic) bond motifs is 2. The lowest BCUT2D eigenvalue weighted by Crippen LogP contribution is -2.74. The van der Waals surface area contributed by atoms with Crippen LogP contribution in [0.25, 0.3) is 0 Å². The Balaban J connectivity index is 2.23. The van der Waals surface area contributed by atoms with Gasteiger partial charge in [0.15, 0.2) is 5.67 Å². The first kappa shape index (κ1) is 6.09. The molecule has 0 radical (unpaired) electrons. The lowest BCUT2D eigenvalue weighted by Gasteiger charge is -2.52. The van der Waals surface area contributed by atoms with Crippen molar-refractivity contribution in [1.82, 2.24) is 5.32 Å². The smallest absolute Gasteiger partial charge is 0.257 e. The summed E-state index contributed by atoms with van der Waals surface area (Å²) in [6.45, 7) is 0.428. The molecule has 3 N–H and O–H groups in total. The maximum atomic E-state index is 13.1. The molecular formula is C6H9FN2O. The maximum Gasteiger partial charge on any atom is 0.257 e. The highest BCUT2D eigenvalue weighted by molar-refractivity contribution is 5.88. The molecule has 0 aromatic carbocycles. The molecule has 0 atom stereocenters. The molecule has 0 aromatic heterocycles. The Morgan fingerprint density at radius 1 is 1.60 bits per heavy atom. The third-order valence-corrected chi connectivity index (χ3v) is 2.27. The van der Waals surface area contributed by atoms with E-state index >= 15 is 0 Å². The number of hydrogen-bond donors (Lipinski definition) is 2. The van der Waals surface area contributed by atoms with Crippen molar-refractivity contribution in [3.63, 3.8) is 0 Å². The van der Waals surface area contributed by atoms with Gasteiger partial charge in [-0.05, 0) is 0 Å². The number of carbonyl (C=O) groups excluding carboxylic acids is 1. The number of amides is 1. The van der Waals surface area contributed by atoms with Gasteiger partial charge in [0.1, 0.15) is 0 Å². The van der Waals surface area contributed by atoms with Crippen LogP contribution in [-0.4, -0.2) is 23.7 Å². The van der Waals surface area contributed by atoms with Gasteiger partial charge >= 0.3 is 0 Å². The Morgan fingerprint density at radius 2 is 2.20 bits per heavy atom. The molecule has 4 heteroatoms. The van der Waals surface area contributed by atoms with Crippen LogP contribution in [0.3, 0.4) is 0 Å². The summed E-state index contributed by atoms with van der Waals surface area (Å²) in [7, 11) is 0. The largest absolute Gasteiger partial charge is 0.351 e. The van der Waals surface area contributed by atoms with Gasteiger partial charge in [-0.25, -0.2) is 4.39 Å². The number of nitrogens with one attached hydrogen (secondary N) is 1. The van der Waals surface area contributed by atoms with Crippen molar-refractivity contribution in [3.05, 3.63) is 0 Å². The fourth-order valence-electron chi connectivity index (χ4n) is 1.76. The van der Waals surface area contributed by atoms with E-state index in [4.69, 9.17) is 5.73 Å².